The van der Waals surface area contributed by atoms with Gasteiger partial charge in [-0.3, -0.25) is 4.79 Å². The first-order valence-electron chi connectivity index (χ1n) is 3.95. The molecule has 0 atom stereocenters. The second-order valence-corrected chi connectivity index (χ2v) is 3.73. The van der Waals surface area contributed by atoms with Crippen molar-refractivity contribution in [1.82, 2.24) is 0 Å². The van der Waals surface area contributed by atoms with Crippen LogP contribution >= 0.6 is 15.9 Å². The molecule has 0 unspecified atom stereocenters. The van der Waals surface area contributed by atoms with Crippen LogP contribution in [0.15, 0.2) is 22.7 Å². The third kappa shape index (κ3) is 3.23. The van der Waals surface area contributed by atoms with Crippen LogP contribution in [-0.2, 0) is 11.0 Å². The molecule has 0 aromatic heterocycles. The topological polar surface area (TPSA) is 29.1 Å². The van der Waals surface area contributed by atoms with Gasteiger partial charge in [0.2, 0.25) is 5.91 Å². The summed E-state index contributed by atoms with van der Waals surface area (Å²) in [6, 6.07) is 3.04. The van der Waals surface area contributed by atoms with Crippen molar-refractivity contribution < 1.29 is 18.0 Å². The van der Waals surface area contributed by atoms with Gasteiger partial charge in [-0.25, -0.2) is 0 Å². The fraction of sp³-hybridized carbons (Fsp3) is 0.222. The molecule has 1 aromatic carbocycles. The number of carbonyl (C=O) groups excluding carboxylic acids is 1. The van der Waals surface area contributed by atoms with E-state index in [9.17, 15) is 18.0 Å². The Balaban J connectivity index is 3.03. The van der Waals surface area contributed by atoms with Crippen LogP contribution < -0.4 is 5.32 Å². The van der Waals surface area contributed by atoms with Gasteiger partial charge in [-0.05, 0) is 34.1 Å². The van der Waals surface area contributed by atoms with Crippen LogP contribution in [0.1, 0.15) is 12.5 Å². The Kier molecular flexibility index (Phi) is 3.38. The molecule has 15 heavy (non-hydrogen) atoms. The van der Waals surface area contributed by atoms with Gasteiger partial charge in [-0.2, -0.15) is 13.2 Å². The first-order chi connectivity index (χ1) is 6.80. The molecule has 1 N–H and O–H groups in total. The Morgan fingerprint density at radius 3 is 2.40 bits per heavy atom. The van der Waals surface area contributed by atoms with Crippen molar-refractivity contribution in [3.63, 3.8) is 0 Å². The number of nitrogens with one attached hydrogen (secondary N) is 1. The standard InChI is InChI=1S/C9H7BrF3NO/c1-5(15)14-8-3-2-6(4-7(8)10)9(11,12)13/h2-4H,1H3,(H,14,15)/i5+1. The van der Waals surface area contributed by atoms with E-state index in [0.29, 0.717) is 5.69 Å². The van der Waals surface area contributed by atoms with Crippen molar-refractivity contribution in [2.24, 2.45) is 0 Å². The number of benzene rings is 1. The maximum atomic E-state index is 12.3. The molecule has 0 spiro atoms. The molecular formula is C9H7BrF3NO. The molecule has 0 bridgehead atoms. The zero-order chi connectivity index (χ0) is 11.6. The van der Waals surface area contributed by atoms with Gasteiger partial charge in [0.1, 0.15) is 0 Å². The Bertz CT molecular complexity index is 389. The van der Waals surface area contributed by atoms with E-state index in [-0.39, 0.29) is 10.4 Å². The molecule has 0 saturated carbocycles. The highest BCUT2D eigenvalue weighted by Gasteiger charge is 2.30. The largest absolute Gasteiger partial charge is 0.416 e. The fourth-order valence-corrected chi connectivity index (χ4v) is 1.46. The highest BCUT2D eigenvalue weighted by molar-refractivity contribution is 9.10. The minimum Gasteiger partial charge on any atom is -0.325 e. The highest BCUT2D eigenvalue weighted by Crippen LogP contribution is 2.33. The normalized spacial score (nSPS) is 11.3. The molecule has 0 fully saturated rings. The number of hydrogen-bond acceptors (Lipinski definition) is 1. The third-order valence-corrected chi connectivity index (χ3v) is 2.26. The van der Waals surface area contributed by atoms with Crippen molar-refractivity contribution in [2.75, 3.05) is 5.32 Å². The van der Waals surface area contributed by atoms with E-state index in [1.807, 2.05) is 0 Å². The highest BCUT2D eigenvalue weighted by atomic mass is 79.9. The van der Waals surface area contributed by atoms with Crippen molar-refractivity contribution in [1.29, 1.82) is 0 Å². The number of rotatable bonds is 1. The van der Waals surface area contributed by atoms with Gasteiger partial charge in [0, 0.05) is 11.4 Å². The third-order valence-electron chi connectivity index (χ3n) is 1.61. The number of amides is 1. The van der Waals surface area contributed by atoms with Gasteiger partial charge >= 0.3 is 6.18 Å². The lowest BCUT2D eigenvalue weighted by atomic mass is 10.2. The Hall–Kier alpha value is -1.04. The molecule has 2 nitrogen and oxygen atoms in total. The number of alkyl halides is 3. The monoisotopic (exact) mass is 282 g/mol. The second-order valence-electron chi connectivity index (χ2n) is 2.87. The first kappa shape index (κ1) is 12.0. The van der Waals surface area contributed by atoms with Crippen LogP contribution in [0.2, 0.25) is 0 Å². The second kappa shape index (κ2) is 4.22. The fourth-order valence-electron chi connectivity index (χ4n) is 0.982. The van der Waals surface area contributed by atoms with Crippen molar-refractivity contribution >= 4 is 27.5 Å². The summed E-state index contributed by atoms with van der Waals surface area (Å²) in [7, 11) is 0. The van der Waals surface area contributed by atoms with E-state index in [0.717, 1.165) is 12.1 Å². The zero-order valence-corrected chi connectivity index (χ0v) is 9.24. The van der Waals surface area contributed by atoms with E-state index in [1.165, 1.54) is 13.0 Å². The maximum Gasteiger partial charge on any atom is 0.416 e. The average molecular weight is 283 g/mol. The van der Waals surface area contributed by atoms with E-state index in [4.69, 9.17) is 0 Å². The summed E-state index contributed by atoms with van der Waals surface area (Å²) in [6.45, 7) is 1.28. The summed E-state index contributed by atoms with van der Waals surface area (Å²) in [5, 5.41) is 2.40. The SMILES string of the molecule is C[13C](=O)Nc1ccc(C(F)(F)F)cc1Br. The summed E-state index contributed by atoms with van der Waals surface area (Å²) in [6.07, 6.45) is -4.38. The minimum atomic E-state index is -4.38. The molecule has 0 radical (unpaired) electrons. The number of halogens is 4. The molecule has 1 rings (SSSR count). The molecule has 1 aromatic rings. The smallest absolute Gasteiger partial charge is 0.325 e. The lowest BCUT2D eigenvalue weighted by Gasteiger charge is -2.10. The average Bonchev–Trinajstić information content (AvgIpc) is 2.05. The molecule has 0 aliphatic carbocycles. The van der Waals surface area contributed by atoms with Crippen LogP contribution in [0, 0.1) is 0 Å². The molecule has 0 aliphatic heterocycles. The summed E-state index contributed by atoms with van der Waals surface area (Å²) in [5.74, 6) is -0.338. The molecule has 1 amide bonds. The molecule has 6 heteroatoms. The van der Waals surface area contributed by atoms with Crippen LogP contribution in [0.4, 0.5) is 18.9 Å². The molecule has 0 heterocycles. The van der Waals surface area contributed by atoms with Crippen molar-refractivity contribution in [3.8, 4) is 0 Å². The van der Waals surface area contributed by atoms with Gasteiger partial charge in [0.05, 0.1) is 11.3 Å². The summed E-state index contributed by atoms with van der Waals surface area (Å²) < 4.78 is 37.0. The predicted octanol–water partition coefficient (Wildman–Crippen LogP) is 3.43. The number of anilines is 1. The van der Waals surface area contributed by atoms with Crippen LogP contribution in [0.3, 0.4) is 0 Å². The van der Waals surface area contributed by atoms with E-state index >= 15 is 0 Å². The Morgan fingerprint density at radius 1 is 1.40 bits per heavy atom. The van der Waals surface area contributed by atoms with Gasteiger partial charge in [0.15, 0.2) is 0 Å². The van der Waals surface area contributed by atoms with Crippen LogP contribution in [0.25, 0.3) is 0 Å². The minimum absolute atomic E-state index is 0.201. The molecule has 0 aliphatic rings. The molecule has 82 valence electrons. The van der Waals surface area contributed by atoms with Gasteiger partial charge in [0.25, 0.3) is 0 Å². The number of carbonyl (C=O) groups is 1. The van der Waals surface area contributed by atoms with Gasteiger partial charge in [-0.1, -0.05) is 0 Å². The van der Waals surface area contributed by atoms with Crippen LogP contribution in [-0.4, -0.2) is 5.91 Å². The van der Waals surface area contributed by atoms with Crippen LogP contribution in [0.5, 0.6) is 0 Å². The molecule has 0 saturated heterocycles. The Morgan fingerprint density at radius 2 is 2.00 bits per heavy atom. The lowest BCUT2D eigenvalue weighted by Crippen LogP contribution is -2.08. The number of hydrogen-bond donors (Lipinski definition) is 1. The van der Waals surface area contributed by atoms with Crippen molar-refractivity contribution in [3.05, 3.63) is 28.2 Å². The Labute approximate surface area is 92.6 Å². The van der Waals surface area contributed by atoms with E-state index < -0.39 is 11.7 Å². The lowest BCUT2D eigenvalue weighted by molar-refractivity contribution is -0.137. The van der Waals surface area contributed by atoms with Crippen molar-refractivity contribution in [2.45, 2.75) is 13.1 Å². The predicted molar refractivity (Wildman–Crippen MR) is 53.4 cm³/mol. The summed E-state index contributed by atoms with van der Waals surface area (Å²) in [5.41, 5.74) is -0.445. The van der Waals surface area contributed by atoms with E-state index in [2.05, 4.69) is 21.2 Å². The first-order valence-corrected chi connectivity index (χ1v) is 4.74. The quantitative estimate of drug-likeness (QED) is 0.786. The maximum absolute atomic E-state index is 12.3. The molecular weight excluding hydrogens is 276 g/mol. The summed E-state index contributed by atoms with van der Waals surface area (Å²) >= 11 is 2.95. The van der Waals surface area contributed by atoms with E-state index in [1.54, 1.807) is 0 Å². The van der Waals surface area contributed by atoms with Gasteiger partial charge < -0.3 is 5.32 Å². The van der Waals surface area contributed by atoms with Gasteiger partial charge in [-0.15, -0.1) is 0 Å². The zero-order valence-electron chi connectivity index (χ0n) is 7.65. The summed E-state index contributed by atoms with van der Waals surface area (Å²) in [4.78, 5) is 10.7.